The molecule has 242 valence electrons. The van der Waals surface area contributed by atoms with E-state index in [0.29, 0.717) is 12.0 Å². The van der Waals surface area contributed by atoms with Crippen molar-refractivity contribution in [2.75, 3.05) is 24.7 Å². The molecule has 1 heterocycles. The van der Waals surface area contributed by atoms with E-state index in [1.807, 2.05) is 67.6 Å². The second-order valence-corrected chi connectivity index (χ2v) is 13.1. The van der Waals surface area contributed by atoms with Gasteiger partial charge in [0.15, 0.2) is 0 Å². The molecule has 4 aromatic rings. The van der Waals surface area contributed by atoms with E-state index >= 15 is 0 Å². The van der Waals surface area contributed by atoms with Gasteiger partial charge in [0.25, 0.3) is 17.7 Å². The van der Waals surface area contributed by atoms with Crippen molar-refractivity contribution in [3.63, 3.8) is 0 Å². The highest BCUT2D eigenvalue weighted by Crippen LogP contribution is 2.22. The molecule has 0 fully saturated rings. The summed E-state index contributed by atoms with van der Waals surface area (Å²) in [5, 5.41) is 12.7. The average Bonchev–Trinajstić information content (AvgIpc) is 3.52. The maximum absolute atomic E-state index is 13.8. The lowest BCUT2D eigenvalue weighted by Crippen LogP contribution is -2.51. The number of nitrogens with two attached hydrogens (primary N) is 1. The van der Waals surface area contributed by atoms with Crippen molar-refractivity contribution in [3.8, 4) is 0 Å². The predicted octanol–water partition coefficient (Wildman–Crippen LogP) is 2.50. The van der Waals surface area contributed by atoms with Gasteiger partial charge in [-0.1, -0.05) is 60.7 Å². The largest absolute Gasteiger partial charge is 0.355 e. The van der Waals surface area contributed by atoms with Crippen LogP contribution in [0.1, 0.15) is 55.2 Å². The molecule has 13 heteroatoms. The third kappa shape index (κ3) is 8.79. The van der Waals surface area contributed by atoms with Crippen LogP contribution in [0.4, 0.5) is 5.69 Å². The van der Waals surface area contributed by atoms with Crippen LogP contribution in [-0.2, 0) is 23.0 Å². The summed E-state index contributed by atoms with van der Waals surface area (Å²) < 4.78 is 27.4. The molecule has 0 aliphatic carbocycles. The number of carbonyl (C=O) groups excluding carboxylic acids is 3. The standard InChI is InChI=1S/C33H39N7O5S/c1-22(24-13-9-6-10-14-24)37-32(42)25-16-26(18-28(17-25)39(3)46(4,44)45)33(43)38-30(15-23-11-7-5-8-12-23)29(34)21-40-20-27(19-36-40)31(41)35-2/h5-14,16-20,22,29-30H,15,21,34H2,1-4H3,(H,35,41)(H,37,42)(H,38,43)/t22-,29+,30+/m1/s1. The summed E-state index contributed by atoms with van der Waals surface area (Å²) in [4.78, 5) is 39.3. The highest BCUT2D eigenvalue weighted by molar-refractivity contribution is 7.92. The number of anilines is 1. The Morgan fingerprint density at radius 3 is 2.07 bits per heavy atom. The Hall–Kier alpha value is -5.01. The van der Waals surface area contributed by atoms with Gasteiger partial charge in [-0.2, -0.15) is 5.10 Å². The molecular formula is C33H39N7O5S. The van der Waals surface area contributed by atoms with Crippen molar-refractivity contribution in [2.24, 2.45) is 5.73 Å². The van der Waals surface area contributed by atoms with Crippen LogP contribution in [0, 0.1) is 0 Å². The van der Waals surface area contributed by atoms with Crippen molar-refractivity contribution >= 4 is 33.4 Å². The van der Waals surface area contributed by atoms with Gasteiger partial charge in [-0.3, -0.25) is 23.4 Å². The number of carbonyl (C=O) groups is 3. The van der Waals surface area contributed by atoms with Crippen molar-refractivity contribution in [2.45, 2.75) is 38.0 Å². The SMILES string of the molecule is CNC(=O)c1cnn(C[C@H](N)[C@H](Cc2ccccc2)NC(=O)c2cc(C(=O)N[C@H](C)c3ccccc3)cc(N(C)S(C)(=O)=O)c2)c1. The summed E-state index contributed by atoms with van der Waals surface area (Å²) in [6.45, 7) is 2.02. The predicted molar refractivity (Wildman–Crippen MR) is 177 cm³/mol. The first kappa shape index (κ1) is 33.9. The number of aromatic nitrogens is 2. The summed E-state index contributed by atoms with van der Waals surface area (Å²) in [7, 11) is -0.834. The van der Waals surface area contributed by atoms with Crippen LogP contribution < -0.4 is 26.0 Å². The van der Waals surface area contributed by atoms with Gasteiger partial charge in [0.2, 0.25) is 10.0 Å². The molecular weight excluding hydrogens is 606 g/mol. The van der Waals surface area contributed by atoms with E-state index in [-0.39, 0.29) is 35.3 Å². The zero-order valence-electron chi connectivity index (χ0n) is 26.2. The van der Waals surface area contributed by atoms with Gasteiger partial charge < -0.3 is 21.7 Å². The van der Waals surface area contributed by atoms with Crippen LogP contribution in [0.15, 0.2) is 91.3 Å². The number of hydrogen-bond donors (Lipinski definition) is 4. The van der Waals surface area contributed by atoms with E-state index in [2.05, 4.69) is 21.0 Å². The lowest BCUT2D eigenvalue weighted by molar-refractivity contribution is 0.0927. The Kier molecular flexibility index (Phi) is 10.9. The fourth-order valence-electron chi connectivity index (χ4n) is 4.85. The molecule has 0 spiro atoms. The van der Waals surface area contributed by atoms with Gasteiger partial charge in [-0.05, 0) is 42.7 Å². The Morgan fingerprint density at radius 2 is 1.48 bits per heavy atom. The van der Waals surface area contributed by atoms with Gasteiger partial charge in [0.05, 0.1) is 42.3 Å². The Morgan fingerprint density at radius 1 is 0.891 bits per heavy atom. The second kappa shape index (κ2) is 14.8. The normalized spacial score (nSPS) is 13.2. The molecule has 1 aromatic heterocycles. The Labute approximate surface area is 269 Å². The number of hydrogen-bond acceptors (Lipinski definition) is 7. The van der Waals surface area contributed by atoms with Crippen LogP contribution >= 0.6 is 0 Å². The van der Waals surface area contributed by atoms with Gasteiger partial charge in [0, 0.05) is 37.5 Å². The first-order valence-electron chi connectivity index (χ1n) is 14.7. The van der Waals surface area contributed by atoms with E-state index in [9.17, 15) is 22.8 Å². The van der Waals surface area contributed by atoms with Gasteiger partial charge in [-0.15, -0.1) is 0 Å². The molecule has 3 atom stereocenters. The van der Waals surface area contributed by atoms with E-state index < -0.39 is 33.9 Å². The van der Waals surface area contributed by atoms with Crippen molar-refractivity contribution in [1.82, 2.24) is 25.7 Å². The number of rotatable bonds is 13. The summed E-state index contributed by atoms with van der Waals surface area (Å²) in [6, 6.07) is 21.6. The third-order valence-corrected chi connectivity index (χ3v) is 8.81. The lowest BCUT2D eigenvalue weighted by Gasteiger charge is -2.26. The van der Waals surface area contributed by atoms with Crippen LogP contribution in [0.5, 0.6) is 0 Å². The second-order valence-electron chi connectivity index (χ2n) is 11.1. The minimum absolute atomic E-state index is 0.0803. The van der Waals surface area contributed by atoms with Crippen molar-refractivity contribution < 1.29 is 22.8 Å². The molecule has 0 aliphatic rings. The fourth-order valence-corrected chi connectivity index (χ4v) is 5.34. The number of benzene rings is 3. The molecule has 0 bridgehead atoms. The zero-order chi connectivity index (χ0) is 33.4. The van der Waals surface area contributed by atoms with E-state index in [0.717, 1.165) is 21.7 Å². The van der Waals surface area contributed by atoms with Crippen LogP contribution in [0.25, 0.3) is 0 Å². The molecule has 12 nitrogen and oxygen atoms in total. The van der Waals surface area contributed by atoms with E-state index in [1.54, 1.807) is 6.20 Å². The van der Waals surface area contributed by atoms with Gasteiger partial charge >= 0.3 is 0 Å². The highest BCUT2D eigenvalue weighted by atomic mass is 32.2. The van der Waals surface area contributed by atoms with Crippen molar-refractivity contribution in [1.29, 1.82) is 0 Å². The van der Waals surface area contributed by atoms with Gasteiger partial charge in [-0.25, -0.2) is 8.42 Å². The molecule has 4 rings (SSSR count). The number of nitrogens with one attached hydrogen (secondary N) is 3. The number of sulfonamides is 1. The molecule has 3 amide bonds. The maximum atomic E-state index is 13.8. The summed E-state index contributed by atoms with van der Waals surface area (Å²) in [5.41, 5.74) is 9.16. The van der Waals surface area contributed by atoms with Gasteiger partial charge in [0.1, 0.15) is 0 Å². The number of nitrogens with zero attached hydrogens (tertiary/aromatic N) is 3. The summed E-state index contributed by atoms with van der Waals surface area (Å²) in [6.07, 6.45) is 4.43. The smallest absolute Gasteiger partial charge is 0.254 e. The minimum atomic E-state index is -3.71. The minimum Gasteiger partial charge on any atom is -0.355 e. The third-order valence-electron chi connectivity index (χ3n) is 7.60. The van der Waals surface area contributed by atoms with Crippen molar-refractivity contribution in [3.05, 3.63) is 119 Å². The number of amides is 3. The van der Waals surface area contributed by atoms with Crippen LogP contribution in [0.3, 0.4) is 0 Å². The zero-order valence-corrected chi connectivity index (χ0v) is 27.0. The first-order valence-corrected chi connectivity index (χ1v) is 16.5. The monoisotopic (exact) mass is 645 g/mol. The van der Waals surface area contributed by atoms with Crippen LogP contribution in [0.2, 0.25) is 0 Å². The lowest BCUT2D eigenvalue weighted by atomic mass is 9.98. The summed E-state index contributed by atoms with van der Waals surface area (Å²) >= 11 is 0. The van der Waals surface area contributed by atoms with E-state index in [1.165, 1.54) is 43.2 Å². The first-order chi connectivity index (χ1) is 21.8. The maximum Gasteiger partial charge on any atom is 0.254 e. The molecule has 0 aliphatic heterocycles. The molecule has 46 heavy (non-hydrogen) atoms. The molecule has 3 aromatic carbocycles. The Balaban J connectivity index is 1.64. The topological polar surface area (TPSA) is 169 Å². The summed E-state index contributed by atoms with van der Waals surface area (Å²) in [5.74, 6) is -1.31. The fraction of sp³-hybridized carbons (Fsp3) is 0.273. The average molecular weight is 646 g/mol. The molecule has 0 saturated carbocycles. The molecule has 0 radical (unpaired) electrons. The molecule has 5 N–H and O–H groups in total. The molecule has 0 unspecified atom stereocenters. The van der Waals surface area contributed by atoms with E-state index in [4.69, 9.17) is 5.73 Å². The highest BCUT2D eigenvalue weighted by Gasteiger charge is 2.25. The quantitative estimate of drug-likeness (QED) is 0.173. The molecule has 0 saturated heterocycles. The Bertz CT molecular complexity index is 1780. The van der Waals surface area contributed by atoms with Crippen LogP contribution in [-0.4, -0.2) is 68.4 Å².